The number of carbonyl (C=O) groups excluding carboxylic acids is 3. The lowest BCUT2D eigenvalue weighted by atomic mass is 9.74. The van der Waals surface area contributed by atoms with E-state index in [9.17, 15) is 14.4 Å². The van der Waals surface area contributed by atoms with Crippen LogP contribution in [0.5, 0.6) is 23.0 Å². The summed E-state index contributed by atoms with van der Waals surface area (Å²) < 4.78 is 24.6. The Labute approximate surface area is 273 Å². The van der Waals surface area contributed by atoms with Gasteiger partial charge in [0.05, 0.1) is 24.5 Å². The van der Waals surface area contributed by atoms with E-state index >= 15 is 0 Å². The van der Waals surface area contributed by atoms with E-state index in [0.717, 1.165) is 32.1 Å². The molecule has 1 aliphatic carbocycles. The molecule has 10 nitrogen and oxygen atoms in total. The Balaban J connectivity index is 1.04. The number of carbonyl (C=O) groups is 3. The molecule has 6 unspecified atom stereocenters. The maximum Gasteiger partial charge on any atom is 0.246 e. The summed E-state index contributed by atoms with van der Waals surface area (Å²) in [5.74, 6) is -0.00292. The fraction of sp³-hybridized carbons (Fsp3) is 0.378. The van der Waals surface area contributed by atoms with Gasteiger partial charge in [0, 0.05) is 11.7 Å². The van der Waals surface area contributed by atoms with Crippen LogP contribution in [0.15, 0.2) is 91.0 Å². The second-order valence-electron chi connectivity index (χ2n) is 13.0. The molecule has 3 aromatic carbocycles. The molecule has 1 spiro atoms. The fourth-order valence-corrected chi connectivity index (χ4v) is 7.82. The number of nitrogens with one attached hydrogen (secondary N) is 2. The Kier molecular flexibility index (Phi) is 7.60. The Morgan fingerprint density at radius 1 is 0.872 bits per heavy atom. The van der Waals surface area contributed by atoms with Gasteiger partial charge in [0.25, 0.3) is 0 Å². The molecule has 4 heterocycles. The first kappa shape index (κ1) is 29.6. The number of ether oxygens (including phenoxy) is 4. The number of nitrogens with zero attached hydrogens (tertiary/aromatic N) is 1. The maximum atomic E-state index is 14.4. The molecule has 1 saturated carbocycles. The minimum absolute atomic E-state index is 0.0420. The summed E-state index contributed by atoms with van der Waals surface area (Å²) >= 11 is 0. The Morgan fingerprint density at radius 3 is 2.38 bits per heavy atom. The quantitative estimate of drug-likeness (QED) is 0.340. The summed E-state index contributed by atoms with van der Waals surface area (Å²) in [4.78, 5) is 44.1. The molecule has 2 saturated heterocycles. The molecule has 4 aliphatic heterocycles. The smallest absolute Gasteiger partial charge is 0.246 e. The van der Waals surface area contributed by atoms with Gasteiger partial charge in [0.15, 0.2) is 17.6 Å². The molecule has 6 atom stereocenters. The topological polar surface area (TPSA) is 115 Å². The van der Waals surface area contributed by atoms with Crippen LogP contribution in [0.3, 0.4) is 0 Å². The summed E-state index contributed by atoms with van der Waals surface area (Å²) in [6, 6.07) is 23.0. The van der Waals surface area contributed by atoms with Crippen LogP contribution >= 0.6 is 0 Å². The number of para-hydroxylation sites is 3. The van der Waals surface area contributed by atoms with Crippen molar-refractivity contribution in [2.24, 2.45) is 11.8 Å². The summed E-state index contributed by atoms with van der Waals surface area (Å²) in [5.41, 5.74) is -0.694. The number of likely N-dealkylation sites (tertiary alicyclic amines) is 1. The molecular formula is C37H37N3O7. The van der Waals surface area contributed by atoms with Crippen molar-refractivity contribution in [3.63, 3.8) is 0 Å². The monoisotopic (exact) mass is 635 g/mol. The molecule has 3 amide bonds. The fourth-order valence-electron chi connectivity index (χ4n) is 7.82. The number of benzene rings is 3. The van der Waals surface area contributed by atoms with E-state index in [1.54, 1.807) is 29.2 Å². The van der Waals surface area contributed by atoms with E-state index < -0.39 is 35.7 Å². The molecule has 2 bridgehead atoms. The average molecular weight is 636 g/mol. The van der Waals surface area contributed by atoms with Crippen molar-refractivity contribution < 1.29 is 33.3 Å². The van der Waals surface area contributed by atoms with Crippen LogP contribution in [-0.2, 0) is 19.1 Å². The lowest BCUT2D eigenvalue weighted by Crippen LogP contribution is -2.58. The predicted octanol–water partition coefficient (Wildman–Crippen LogP) is 4.86. The largest absolute Gasteiger partial charge is 0.486 e. The van der Waals surface area contributed by atoms with Crippen LogP contribution in [0, 0.1) is 11.8 Å². The van der Waals surface area contributed by atoms with Crippen molar-refractivity contribution in [1.29, 1.82) is 0 Å². The number of amides is 3. The summed E-state index contributed by atoms with van der Waals surface area (Å²) in [7, 11) is 0. The number of anilines is 1. The highest BCUT2D eigenvalue weighted by molar-refractivity contribution is 6.02. The van der Waals surface area contributed by atoms with Gasteiger partial charge < -0.3 is 34.5 Å². The van der Waals surface area contributed by atoms with E-state index in [1.165, 1.54) is 0 Å². The first-order valence-electron chi connectivity index (χ1n) is 16.5. The third-order valence-electron chi connectivity index (χ3n) is 9.95. The van der Waals surface area contributed by atoms with Crippen molar-refractivity contribution in [1.82, 2.24) is 10.2 Å². The van der Waals surface area contributed by atoms with Gasteiger partial charge in [-0.2, -0.15) is 0 Å². The normalized spacial score (nSPS) is 29.0. The van der Waals surface area contributed by atoms with Gasteiger partial charge in [-0.3, -0.25) is 14.4 Å². The number of hydrogen-bond acceptors (Lipinski definition) is 7. The standard InChI is InChI=1S/C37H37N3O7/c41-34(38-24-15-17-26(18-16-24)45-25-11-5-2-6-12-25)31-30-19-20-37(47-30)32(31)36(43)40(33(37)35(42)39-23-9-3-1-4-10-23)21-27-22-44-28-13-7-8-14-29(28)46-27/h2,5-8,11-20,23,27,30-33H,1,3-4,9-10,21-22H2,(H,38,41)(H,39,42). The van der Waals surface area contributed by atoms with Crippen molar-refractivity contribution in [3.05, 3.63) is 91.0 Å². The minimum Gasteiger partial charge on any atom is -0.486 e. The Morgan fingerprint density at radius 2 is 1.60 bits per heavy atom. The molecule has 8 rings (SSSR count). The zero-order valence-corrected chi connectivity index (χ0v) is 25.9. The second-order valence-corrected chi connectivity index (χ2v) is 13.0. The highest BCUT2D eigenvalue weighted by Gasteiger charge is 2.73. The Hall–Kier alpha value is -4.83. The van der Waals surface area contributed by atoms with Gasteiger partial charge in [0.2, 0.25) is 17.7 Å². The SMILES string of the molecule is O=C(Nc1ccc(Oc2ccccc2)cc1)C1C2C=CC3(O2)C1C(=O)N(CC1COc2ccccc2O1)C3C(=O)NC1CCCCC1. The summed E-state index contributed by atoms with van der Waals surface area (Å²) in [6.45, 7) is 0.343. The third-order valence-corrected chi connectivity index (χ3v) is 9.95. The molecule has 2 N–H and O–H groups in total. The van der Waals surface area contributed by atoms with Crippen molar-refractivity contribution in [3.8, 4) is 23.0 Å². The molecule has 10 heteroatoms. The third kappa shape index (κ3) is 5.40. The summed E-state index contributed by atoms with van der Waals surface area (Å²) in [6.07, 6.45) is 7.59. The molecule has 3 fully saturated rings. The van der Waals surface area contributed by atoms with E-state index in [1.807, 2.05) is 66.7 Å². The van der Waals surface area contributed by atoms with Crippen molar-refractivity contribution >= 4 is 23.4 Å². The van der Waals surface area contributed by atoms with E-state index in [-0.39, 0.29) is 36.9 Å². The van der Waals surface area contributed by atoms with Crippen molar-refractivity contribution in [2.75, 3.05) is 18.5 Å². The average Bonchev–Trinajstić information content (AvgIpc) is 3.74. The molecule has 3 aromatic rings. The first-order chi connectivity index (χ1) is 23.0. The lowest BCUT2D eigenvalue weighted by Gasteiger charge is -2.36. The van der Waals surface area contributed by atoms with Gasteiger partial charge in [-0.25, -0.2) is 0 Å². The van der Waals surface area contributed by atoms with E-state index in [0.29, 0.717) is 28.7 Å². The van der Waals surface area contributed by atoms with Crippen LogP contribution in [0.25, 0.3) is 0 Å². The minimum atomic E-state index is -1.26. The molecule has 47 heavy (non-hydrogen) atoms. The van der Waals surface area contributed by atoms with Gasteiger partial charge in [-0.15, -0.1) is 0 Å². The first-order valence-corrected chi connectivity index (χ1v) is 16.5. The van der Waals surface area contributed by atoms with Crippen LogP contribution in [0.1, 0.15) is 32.1 Å². The number of hydrogen-bond donors (Lipinski definition) is 2. The molecular weight excluding hydrogens is 598 g/mol. The van der Waals surface area contributed by atoms with Crippen LogP contribution < -0.4 is 24.8 Å². The lowest BCUT2D eigenvalue weighted by molar-refractivity contribution is -0.143. The van der Waals surface area contributed by atoms with Crippen LogP contribution in [-0.4, -0.2) is 65.7 Å². The van der Waals surface area contributed by atoms with Gasteiger partial charge in [-0.05, 0) is 61.4 Å². The van der Waals surface area contributed by atoms with E-state index in [4.69, 9.17) is 18.9 Å². The Bertz CT molecular complexity index is 1690. The molecule has 242 valence electrons. The van der Waals surface area contributed by atoms with Gasteiger partial charge >= 0.3 is 0 Å². The van der Waals surface area contributed by atoms with Crippen LogP contribution in [0.4, 0.5) is 5.69 Å². The van der Waals surface area contributed by atoms with E-state index in [2.05, 4.69) is 10.6 Å². The molecule has 0 aromatic heterocycles. The molecule has 5 aliphatic rings. The zero-order valence-electron chi connectivity index (χ0n) is 25.9. The number of fused-ring (bicyclic) bond motifs is 2. The highest BCUT2D eigenvalue weighted by Crippen LogP contribution is 2.55. The van der Waals surface area contributed by atoms with Crippen molar-refractivity contribution in [2.45, 2.75) is 62.0 Å². The number of rotatable bonds is 8. The van der Waals surface area contributed by atoms with Gasteiger partial charge in [-0.1, -0.05) is 61.7 Å². The molecule has 0 radical (unpaired) electrons. The highest BCUT2D eigenvalue weighted by atomic mass is 16.6. The maximum absolute atomic E-state index is 14.4. The second kappa shape index (κ2) is 12.1. The zero-order chi connectivity index (χ0) is 32.0. The summed E-state index contributed by atoms with van der Waals surface area (Å²) in [5, 5.41) is 6.21. The predicted molar refractivity (Wildman–Crippen MR) is 172 cm³/mol. The van der Waals surface area contributed by atoms with Crippen LogP contribution in [0.2, 0.25) is 0 Å². The van der Waals surface area contributed by atoms with Gasteiger partial charge in [0.1, 0.15) is 29.7 Å².